The highest BCUT2D eigenvalue weighted by Gasteiger charge is 2.40. The van der Waals surface area contributed by atoms with Crippen LogP contribution < -0.4 is 15.7 Å². The molecule has 10 nitrogen and oxygen atoms in total. The van der Waals surface area contributed by atoms with Gasteiger partial charge < -0.3 is 19.9 Å². The van der Waals surface area contributed by atoms with Gasteiger partial charge in [-0.3, -0.25) is 14.3 Å². The second kappa shape index (κ2) is 11.6. The van der Waals surface area contributed by atoms with Crippen molar-refractivity contribution in [3.05, 3.63) is 58.0 Å². The molecule has 2 saturated heterocycles. The number of nitrogens with one attached hydrogen (secondary N) is 2. The molecular weight excluding hydrogens is 567 g/mol. The number of hydrogen-bond donors (Lipinski definition) is 2. The van der Waals surface area contributed by atoms with Crippen LogP contribution in [0.1, 0.15) is 43.2 Å². The SMILES string of the molecule is COc1ccc2c(n1)[nH]c(=O)n2C1CCN(C(=O)NC2CCC(c3cccc(F)c3F)CN(CC(F)(F)F)C2=O)CC1. The lowest BCUT2D eigenvalue weighted by Gasteiger charge is -2.34. The van der Waals surface area contributed by atoms with Crippen molar-refractivity contribution in [3.8, 4) is 5.88 Å². The number of urea groups is 1. The van der Waals surface area contributed by atoms with Crippen molar-refractivity contribution in [2.45, 2.75) is 49.9 Å². The maximum absolute atomic E-state index is 14.5. The number of piperidine rings is 1. The number of amides is 3. The quantitative estimate of drug-likeness (QED) is 0.437. The van der Waals surface area contributed by atoms with Crippen molar-refractivity contribution in [3.63, 3.8) is 0 Å². The van der Waals surface area contributed by atoms with Crippen LogP contribution in [0.15, 0.2) is 35.1 Å². The summed E-state index contributed by atoms with van der Waals surface area (Å²) in [4.78, 5) is 47.8. The molecule has 42 heavy (non-hydrogen) atoms. The van der Waals surface area contributed by atoms with Crippen molar-refractivity contribution in [2.75, 3.05) is 33.3 Å². The molecular formula is C27H29F5N6O4. The fourth-order valence-electron chi connectivity index (χ4n) is 5.78. The number of alkyl halides is 3. The molecule has 5 rings (SSSR count). The fraction of sp³-hybridized carbons (Fsp3) is 0.481. The Bertz CT molecular complexity index is 1530. The van der Waals surface area contributed by atoms with E-state index in [-0.39, 0.29) is 43.2 Å². The molecule has 2 aliphatic rings. The van der Waals surface area contributed by atoms with Crippen LogP contribution in [0.5, 0.6) is 5.88 Å². The third kappa shape index (κ3) is 6.04. The first-order chi connectivity index (χ1) is 19.9. The standard InChI is InChI=1S/C27H29F5N6O4/c1-42-21-8-7-20-23(34-21)35-26(41)38(20)16-9-11-36(12-10-16)25(40)33-19-6-5-15(17-3-2-4-18(28)22(17)29)13-37(24(19)39)14-27(30,31)32/h2-4,7-8,15-16,19H,5-6,9-14H2,1H3,(H,33,40)(H,34,35,41). The average Bonchev–Trinajstić information content (AvgIpc) is 3.21. The van der Waals surface area contributed by atoms with Crippen LogP contribution in [0.2, 0.25) is 0 Å². The lowest BCUT2D eigenvalue weighted by molar-refractivity contribution is -0.162. The number of H-pyrrole nitrogens is 1. The third-order valence-electron chi connectivity index (χ3n) is 7.82. The number of aromatic nitrogens is 3. The summed E-state index contributed by atoms with van der Waals surface area (Å²) >= 11 is 0. The van der Waals surface area contributed by atoms with Gasteiger partial charge in [0.15, 0.2) is 17.3 Å². The number of imidazole rings is 1. The van der Waals surface area contributed by atoms with E-state index < -0.39 is 54.8 Å². The molecule has 2 N–H and O–H groups in total. The molecule has 2 unspecified atom stereocenters. The molecule has 3 amide bonds. The second-order valence-electron chi connectivity index (χ2n) is 10.5. The predicted molar refractivity (Wildman–Crippen MR) is 140 cm³/mol. The van der Waals surface area contributed by atoms with Gasteiger partial charge >= 0.3 is 17.9 Å². The van der Waals surface area contributed by atoms with Crippen molar-refractivity contribution < 1.29 is 36.3 Å². The van der Waals surface area contributed by atoms with Gasteiger partial charge in [-0.2, -0.15) is 18.2 Å². The van der Waals surface area contributed by atoms with Crippen LogP contribution in [0, 0.1) is 11.6 Å². The molecule has 2 atom stereocenters. The van der Waals surface area contributed by atoms with Gasteiger partial charge in [0, 0.05) is 37.7 Å². The van der Waals surface area contributed by atoms with Gasteiger partial charge in [0.25, 0.3) is 0 Å². The van der Waals surface area contributed by atoms with Gasteiger partial charge in [0.1, 0.15) is 12.6 Å². The number of methoxy groups -OCH3 is 1. The number of fused-ring (bicyclic) bond motifs is 1. The summed E-state index contributed by atoms with van der Waals surface area (Å²) in [5.41, 5.74) is 0.477. The summed E-state index contributed by atoms with van der Waals surface area (Å²) in [6.45, 7) is -1.61. The Kier molecular flexibility index (Phi) is 8.10. The summed E-state index contributed by atoms with van der Waals surface area (Å²) in [5.74, 6) is -3.80. The first-order valence-corrected chi connectivity index (χ1v) is 13.4. The number of pyridine rings is 1. The van der Waals surface area contributed by atoms with Crippen LogP contribution in [-0.2, 0) is 4.79 Å². The highest BCUT2D eigenvalue weighted by Crippen LogP contribution is 2.32. The van der Waals surface area contributed by atoms with Gasteiger partial charge in [-0.15, -0.1) is 0 Å². The number of hydrogen-bond acceptors (Lipinski definition) is 5. The zero-order chi connectivity index (χ0) is 30.2. The van der Waals surface area contributed by atoms with E-state index in [4.69, 9.17) is 4.74 Å². The number of halogens is 5. The molecule has 0 spiro atoms. The number of rotatable bonds is 5. The molecule has 226 valence electrons. The number of ether oxygens (including phenoxy) is 1. The third-order valence-corrected chi connectivity index (χ3v) is 7.82. The Morgan fingerprint density at radius 2 is 1.83 bits per heavy atom. The zero-order valence-corrected chi connectivity index (χ0v) is 22.6. The van der Waals surface area contributed by atoms with E-state index in [1.54, 1.807) is 16.7 Å². The zero-order valence-electron chi connectivity index (χ0n) is 22.6. The van der Waals surface area contributed by atoms with E-state index in [9.17, 15) is 36.3 Å². The Hall–Kier alpha value is -4.17. The van der Waals surface area contributed by atoms with Crippen LogP contribution in [0.25, 0.3) is 11.2 Å². The van der Waals surface area contributed by atoms with Gasteiger partial charge in [-0.1, -0.05) is 12.1 Å². The Morgan fingerprint density at radius 1 is 1.10 bits per heavy atom. The molecule has 2 aromatic heterocycles. The number of carbonyl (C=O) groups is 2. The molecule has 4 heterocycles. The summed E-state index contributed by atoms with van der Waals surface area (Å²) in [7, 11) is 1.46. The number of benzene rings is 1. The number of nitrogens with zero attached hydrogens (tertiary/aromatic N) is 4. The minimum Gasteiger partial charge on any atom is -0.481 e. The van der Waals surface area contributed by atoms with Crippen LogP contribution in [0.4, 0.5) is 26.7 Å². The number of aromatic amines is 1. The summed E-state index contributed by atoms with van der Waals surface area (Å²) in [6, 6.07) is 4.64. The van der Waals surface area contributed by atoms with E-state index in [2.05, 4.69) is 15.3 Å². The molecule has 1 aromatic carbocycles. The van der Waals surface area contributed by atoms with E-state index in [0.29, 0.717) is 34.8 Å². The van der Waals surface area contributed by atoms with E-state index in [1.165, 1.54) is 24.1 Å². The summed E-state index contributed by atoms with van der Waals surface area (Å²) < 4.78 is 75.1. The summed E-state index contributed by atoms with van der Waals surface area (Å²) in [5, 5.41) is 2.56. The molecule has 15 heteroatoms. The second-order valence-corrected chi connectivity index (χ2v) is 10.5. The topological polar surface area (TPSA) is 113 Å². The molecule has 0 saturated carbocycles. The molecule has 2 aliphatic heterocycles. The highest BCUT2D eigenvalue weighted by molar-refractivity contribution is 5.87. The lowest BCUT2D eigenvalue weighted by atomic mass is 9.93. The maximum atomic E-state index is 14.5. The lowest BCUT2D eigenvalue weighted by Crippen LogP contribution is -2.54. The van der Waals surface area contributed by atoms with E-state index in [0.717, 1.165) is 6.07 Å². The van der Waals surface area contributed by atoms with Crippen molar-refractivity contribution in [2.24, 2.45) is 0 Å². The largest absolute Gasteiger partial charge is 0.481 e. The van der Waals surface area contributed by atoms with Gasteiger partial charge in [-0.05, 0) is 43.4 Å². The number of carbonyl (C=O) groups excluding carboxylic acids is 2. The van der Waals surface area contributed by atoms with Crippen molar-refractivity contribution in [1.29, 1.82) is 0 Å². The monoisotopic (exact) mass is 596 g/mol. The van der Waals surface area contributed by atoms with Crippen molar-refractivity contribution in [1.82, 2.24) is 29.7 Å². The van der Waals surface area contributed by atoms with Gasteiger partial charge in [0.2, 0.25) is 11.8 Å². The van der Waals surface area contributed by atoms with Crippen LogP contribution >= 0.6 is 0 Å². The first-order valence-electron chi connectivity index (χ1n) is 13.4. The molecule has 0 radical (unpaired) electrons. The van der Waals surface area contributed by atoms with Gasteiger partial charge in [0.05, 0.1) is 12.6 Å². The Morgan fingerprint density at radius 3 is 2.52 bits per heavy atom. The maximum Gasteiger partial charge on any atom is 0.406 e. The molecule has 0 aliphatic carbocycles. The highest BCUT2D eigenvalue weighted by atomic mass is 19.4. The van der Waals surface area contributed by atoms with Crippen molar-refractivity contribution >= 4 is 23.1 Å². The smallest absolute Gasteiger partial charge is 0.406 e. The molecule has 3 aromatic rings. The van der Waals surface area contributed by atoms with E-state index in [1.807, 2.05) is 0 Å². The Labute approximate surface area is 236 Å². The Balaban J connectivity index is 1.27. The molecule has 0 bridgehead atoms. The minimum absolute atomic E-state index is 0.0514. The van der Waals surface area contributed by atoms with Gasteiger partial charge in [-0.25, -0.2) is 18.4 Å². The average molecular weight is 597 g/mol. The normalized spacial score (nSPS) is 20.6. The van der Waals surface area contributed by atoms with E-state index >= 15 is 0 Å². The van der Waals surface area contributed by atoms with Crippen LogP contribution in [0.3, 0.4) is 0 Å². The number of likely N-dealkylation sites (tertiary alicyclic amines) is 2. The fourth-order valence-corrected chi connectivity index (χ4v) is 5.78. The van der Waals surface area contributed by atoms with Crippen LogP contribution in [-0.4, -0.2) is 81.8 Å². The molecule has 2 fully saturated rings. The first kappa shape index (κ1) is 29.3. The minimum atomic E-state index is -4.73. The predicted octanol–water partition coefficient (Wildman–Crippen LogP) is 3.70. The summed E-state index contributed by atoms with van der Waals surface area (Å²) in [6.07, 6.45) is -3.92.